The number of hydrogen-bond donors (Lipinski definition) is 0. The van der Waals surface area contributed by atoms with Crippen LogP contribution in [0.25, 0.3) is 0 Å². The fraction of sp³-hybridized carbons (Fsp3) is 1.00. The minimum absolute atomic E-state index is 0.861. The van der Waals surface area contributed by atoms with Gasteiger partial charge >= 0.3 is 0 Å². The Morgan fingerprint density at radius 2 is 0.733 bits per heavy atom. The van der Waals surface area contributed by atoms with E-state index in [-0.39, 0.29) is 0 Å². The van der Waals surface area contributed by atoms with Crippen molar-refractivity contribution in [1.82, 2.24) is 0 Å². The van der Waals surface area contributed by atoms with Gasteiger partial charge in [0, 0.05) is 0 Å². The first kappa shape index (κ1) is 30.0. The van der Waals surface area contributed by atoms with E-state index < -0.39 is 0 Å². The van der Waals surface area contributed by atoms with E-state index in [9.17, 15) is 0 Å². The van der Waals surface area contributed by atoms with Gasteiger partial charge in [-0.3, -0.25) is 0 Å². The first-order valence-corrected chi connectivity index (χ1v) is 14.3. The molecule has 1 nitrogen and oxygen atoms in total. The molecule has 0 aromatic rings. The monoisotopic (exact) mass is 424 g/mol. The molecular formula is C29H62N+. The minimum atomic E-state index is 0.861. The lowest BCUT2D eigenvalue weighted by Crippen LogP contribution is -2.41. The van der Waals surface area contributed by atoms with Gasteiger partial charge in [-0.1, -0.05) is 130 Å². The van der Waals surface area contributed by atoms with E-state index >= 15 is 0 Å². The van der Waals surface area contributed by atoms with Gasteiger partial charge in [0.2, 0.25) is 0 Å². The molecule has 0 aliphatic heterocycles. The average molecular weight is 425 g/mol. The van der Waals surface area contributed by atoms with Crippen LogP contribution in [0.4, 0.5) is 0 Å². The van der Waals surface area contributed by atoms with Crippen LogP contribution in [-0.4, -0.2) is 31.7 Å². The molecule has 0 bridgehead atoms. The molecule has 0 spiro atoms. The summed E-state index contributed by atoms with van der Waals surface area (Å²) in [5, 5.41) is 0. The van der Waals surface area contributed by atoms with Crippen molar-refractivity contribution >= 4 is 0 Å². The lowest BCUT2D eigenvalue weighted by atomic mass is 10.0. The molecule has 1 heteroatoms. The van der Waals surface area contributed by atoms with Crippen LogP contribution in [0.3, 0.4) is 0 Å². The fourth-order valence-electron chi connectivity index (χ4n) is 4.66. The quantitative estimate of drug-likeness (QED) is 0.107. The highest BCUT2D eigenvalue weighted by atomic mass is 15.3. The van der Waals surface area contributed by atoms with Gasteiger partial charge in [0.15, 0.2) is 0 Å². The number of quaternary nitrogens is 1. The van der Waals surface area contributed by atoms with E-state index in [1.165, 1.54) is 152 Å². The van der Waals surface area contributed by atoms with Gasteiger partial charge in [-0.15, -0.1) is 0 Å². The van der Waals surface area contributed by atoms with Crippen molar-refractivity contribution in [2.75, 3.05) is 27.2 Å². The van der Waals surface area contributed by atoms with E-state index in [0.717, 1.165) is 5.92 Å². The highest BCUT2D eigenvalue weighted by Crippen LogP contribution is 2.15. The van der Waals surface area contributed by atoms with E-state index in [0.29, 0.717) is 0 Å². The highest BCUT2D eigenvalue weighted by molar-refractivity contribution is 4.51. The Morgan fingerprint density at radius 3 is 1.07 bits per heavy atom. The smallest absolute Gasteiger partial charge is 0.0782 e. The van der Waals surface area contributed by atoms with Crippen molar-refractivity contribution in [2.24, 2.45) is 5.92 Å². The zero-order valence-electron chi connectivity index (χ0n) is 22.3. The summed E-state index contributed by atoms with van der Waals surface area (Å²) in [6.45, 7) is 9.72. The Kier molecular flexibility index (Phi) is 22.1. The molecule has 0 heterocycles. The van der Waals surface area contributed by atoms with E-state index in [4.69, 9.17) is 0 Å². The largest absolute Gasteiger partial charge is 0.328 e. The Morgan fingerprint density at radius 1 is 0.433 bits per heavy atom. The first-order valence-electron chi connectivity index (χ1n) is 14.3. The van der Waals surface area contributed by atoms with Crippen LogP contribution in [-0.2, 0) is 0 Å². The summed E-state index contributed by atoms with van der Waals surface area (Å²) < 4.78 is 1.23. The molecule has 0 aliphatic carbocycles. The fourth-order valence-corrected chi connectivity index (χ4v) is 4.66. The lowest BCUT2D eigenvalue weighted by molar-refractivity contribution is -0.890. The van der Waals surface area contributed by atoms with Gasteiger partial charge in [-0.2, -0.15) is 0 Å². The molecule has 0 aromatic carbocycles. The van der Waals surface area contributed by atoms with Crippen LogP contribution in [0.2, 0.25) is 0 Å². The van der Waals surface area contributed by atoms with Crippen LogP contribution in [0.15, 0.2) is 0 Å². The Balaban J connectivity index is 3.19. The number of rotatable bonds is 24. The van der Waals surface area contributed by atoms with Crippen LogP contribution in [0, 0.1) is 5.92 Å². The number of nitrogens with zero attached hydrogens (tertiary/aromatic N) is 1. The van der Waals surface area contributed by atoms with Crippen molar-refractivity contribution in [3.05, 3.63) is 0 Å². The van der Waals surface area contributed by atoms with E-state index in [1.807, 2.05) is 0 Å². The van der Waals surface area contributed by atoms with E-state index in [2.05, 4.69) is 34.9 Å². The molecular weight excluding hydrogens is 362 g/mol. The van der Waals surface area contributed by atoms with Crippen molar-refractivity contribution in [2.45, 2.75) is 156 Å². The third kappa shape index (κ3) is 24.2. The third-order valence-electron chi connectivity index (χ3n) is 6.91. The number of hydrogen-bond acceptors (Lipinski definition) is 0. The minimum Gasteiger partial charge on any atom is -0.328 e. The second-order valence-electron chi connectivity index (χ2n) is 11.3. The van der Waals surface area contributed by atoms with Gasteiger partial charge in [-0.25, -0.2) is 0 Å². The summed E-state index contributed by atoms with van der Waals surface area (Å²) in [5.74, 6) is 0.861. The standard InChI is InChI=1S/C29H62N/c1-6-7-8-9-10-11-12-13-14-15-16-17-18-19-20-21-22-23-24-27-30(4,5)28-25-26-29(2)3/h29H,6-28H2,1-5H3/q+1. The molecule has 0 rings (SSSR count). The van der Waals surface area contributed by atoms with Crippen molar-refractivity contribution in [1.29, 1.82) is 0 Å². The normalized spacial score (nSPS) is 12.2. The molecule has 0 fully saturated rings. The summed E-state index contributed by atoms with van der Waals surface area (Å²) >= 11 is 0. The van der Waals surface area contributed by atoms with Gasteiger partial charge in [0.05, 0.1) is 27.2 Å². The van der Waals surface area contributed by atoms with Crippen LogP contribution < -0.4 is 0 Å². The Labute approximate surface area is 193 Å². The maximum atomic E-state index is 2.43. The zero-order chi connectivity index (χ0) is 22.3. The lowest BCUT2D eigenvalue weighted by Gasteiger charge is -2.30. The molecule has 182 valence electrons. The molecule has 0 saturated carbocycles. The van der Waals surface area contributed by atoms with Gasteiger partial charge < -0.3 is 4.48 Å². The van der Waals surface area contributed by atoms with Gasteiger partial charge in [0.1, 0.15) is 0 Å². The van der Waals surface area contributed by atoms with E-state index in [1.54, 1.807) is 0 Å². The molecule has 0 aliphatic rings. The topological polar surface area (TPSA) is 0 Å². The van der Waals surface area contributed by atoms with Crippen LogP contribution in [0.1, 0.15) is 156 Å². The summed E-state index contributed by atoms with van der Waals surface area (Å²) in [7, 11) is 4.85. The van der Waals surface area contributed by atoms with Crippen molar-refractivity contribution in [3.63, 3.8) is 0 Å². The van der Waals surface area contributed by atoms with Gasteiger partial charge in [-0.05, 0) is 31.6 Å². The SMILES string of the molecule is CCCCCCCCCCCCCCCCCCCCC[N+](C)(C)CCCC(C)C. The molecule has 0 aromatic heterocycles. The molecule has 0 amide bonds. The average Bonchev–Trinajstić information content (AvgIpc) is 2.69. The zero-order valence-corrected chi connectivity index (χ0v) is 22.3. The molecule has 0 unspecified atom stereocenters. The summed E-state index contributed by atoms with van der Waals surface area (Å²) in [4.78, 5) is 0. The predicted octanol–water partition coefficient (Wildman–Crippen LogP) is 9.93. The Bertz CT molecular complexity index is 320. The molecule has 0 N–H and O–H groups in total. The highest BCUT2D eigenvalue weighted by Gasteiger charge is 2.13. The number of unbranched alkanes of at least 4 members (excludes halogenated alkanes) is 18. The molecule has 30 heavy (non-hydrogen) atoms. The maximum absolute atomic E-state index is 2.43. The molecule has 0 atom stereocenters. The summed E-state index contributed by atoms with van der Waals surface area (Å²) in [6.07, 6.45) is 30.7. The maximum Gasteiger partial charge on any atom is 0.0782 e. The third-order valence-corrected chi connectivity index (χ3v) is 6.91. The van der Waals surface area contributed by atoms with Crippen molar-refractivity contribution < 1.29 is 4.48 Å². The Hall–Kier alpha value is -0.0400. The second kappa shape index (κ2) is 22.2. The first-order chi connectivity index (χ1) is 14.5. The van der Waals surface area contributed by atoms with Crippen LogP contribution >= 0.6 is 0 Å². The molecule has 0 saturated heterocycles. The van der Waals surface area contributed by atoms with Gasteiger partial charge in [0.25, 0.3) is 0 Å². The second-order valence-corrected chi connectivity index (χ2v) is 11.3. The van der Waals surface area contributed by atoms with Crippen molar-refractivity contribution in [3.8, 4) is 0 Å². The molecule has 0 radical (unpaired) electrons. The summed E-state index contributed by atoms with van der Waals surface area (Å²) in [6, 6.07) is 0. The summed E-state index contributed by atoms with van der Waals surface area (Å²) in [5.41, 5.74) is 0. The predicted molar refractivity (Wildman–Crippen MR) is 139 cm³/mol. The van der Waals surface area contributed by atoms with Crippen LogP contribution in [0.5, 0.6) is 0 Å².